The van der Waals surface area contributed by atoms with Crippen molar-refractivity contribution in [2.75, 3.05) is 15.5 Å². The van der Waals surface area contributed by atoms with E-state index in [1.165, 1.54) is 4.31 Å². The van der Waals surface area contributed by atoms with Crippen molar-refractivity contribution in [2.45, 2.75) is 13.8 Å². The van der Waals surface area contributed by atoms with E-state index in [0.29, 0.717) is 6.54 Å². The highest BCUT2D eigenvalue weighted by molar-refractivity contribution is 9.10. The Morgan fingerprint density at radius 2 is 2.07 bits per heavy atom. The van der Waals surface area contributed by atoms with Gasteiger partial charge in [0, 0.05) is 6.54 Å². The summed E-state index contributed by atoms with van der Waals surface area (Å²) in [6.07, 6.45) is 0. The number of hydrogen-bond acceptors (Lipinski definition) is 2. The van der Waals surface area contributed by atoms with Crippen LogP contribution in [0.5, 0.6) is 0 Å². The summed E-state index contributed by atoms with van der Waals surface area (Å²) in [6.45, 7) is 4.21. The van der Waals surface area contributed by atoms with Crippen LogP contribution in [0, 0.1) is 6.92 Å². The van der Waals surface area contributed by atoms with Crippen molar-refractivity contribution in [3.8, 4) is 0 Å². The summed E-state index contributed by atoms with van der Waals surface area (Å²) in [5.74, 6) is 0. The monoisotopic (exact) mass is 291 g/mol. The highest BCUT2D eigenvalue weighted by Crippen LogP contribution is 2.20. The van der Waals surface area contributed by atoms with E-state index in [1.807, 2.05) is 32.0 Å². The van der Waals surface area contributed by atoms with Crippen molar-refractivity contribution >= 4 is 31.6 Å². The summed E-state index contributed by atoms with van der Waals surface area (Å²) >= 11 is 3.00. The van der Waals surface area contributed by atoms with Gasteiger partial charge in [-0.15, -0.1) is 0 Å². The van der Waals surface area contributed by atoms with Crippen molar-refractivity contribution < 1.29 is 8.42 Å². The van der Waals surface area contributed by atoms with Gasteiger partial charge in [-0.1, -0.05) is 28.1 Å². The lowest BCUT2D eigenvalue weighted by Gasteiger charge is -2.21. The molecule has 0 aliphatic heterocycles. The lowest BCUT2D eigenvalue weighted by Crippen LogP contribution is -2.31. The molecular formula is C10H14BrNO2S. The van der Waals surface area contributed by atoms with Gasteiger partial charge in [-0.2, -0.15) is 0 Å². The second-order valence-electron chi connectivity index (χ2n) is 3.22. The maximum Gasteiger partial charge on any atom is 0.245 e. The van der Waals surface area contributed by atoms with Gasteiger partial charge in [0.2, 0.25) is 10.0 Å². The Balaban J connectivity index is 3.14. The highest BCUT2D eigenvalue weighted by atomic mass is 79.9. The van der Waals surface area contributed by atoms with Crippen molar-refractivity contribution in [2.24, 2.45) is 0 Å². The Kier molecular flexibility index (Phi) is 4.16. The third kappa shape index (κ3) is 2.95. The molecule has 0 saturated heterocycles. The molecule has 1 aromatic carbocycles. The molecule has 0 amide bonds. The average Bonchev–Trinajstić information content (AvgIpc) is 2.18. The van der Waals surface area contributed by atoms with Gasteiger partial charge < -0.3 is 0 Å². The number of rotatable bonds is 4. The molecule has 0 bridgehead atoms. The van der Waals surface area contributed by atoms with Crippen molar-refractivity contribution in [3.05, 3.63) is 29.8 Å². The van der Waals surface area contributed by atoms with Crippen LogP contribution in [0.15, 0.2) is 24.3 Å². The summed E-state index contributed by atoms with van der Waals surface area (Å²) in [5, 5.41) is 0. The summed E-state index contributed by atoms with van der Waals surface area (Å²) < 4.78 is 24.8. The number of sulfonamides is 1. The molecule has 0 radical (unpaired) electrons. The van der Waals surface area contributed by atoms with Gasteiger partial charge in [0.1, 0.15) is 4.66 Å². The molecule has 84 valence electrons. The number of nitrogens with zero attached hydrogens (tertiary/aromatic N) is 1. The molecule has 0 unspecified atom stereocenters. The van der Waals surface area contributed by atoms with Crippen LogP contribution >= 0.6 is 15.9 Å². The number of anilines is 1. The minimum atomic E-state index is -3.23. The quantitative estimate of drug-likeness (QED) is 0.800. The fourth-order valence-electron chi connectivity index (χ4n) is 1.38. The van der Waals surface area contributed by atoms with Crippen LogP contribution in [0.2, 0.25) is 0 Å². The third-order valence-electron chi connectivity index (χ3n) is 2.05. The summed E-state index contributed by atoms with van der Waals surface area (Å²) in [4.78, 5) is 0. The van der Waals surface area contributed by atoms with Crippen molar-refractivity contribution in [1.29, 1.82) is 0 Å². The van der Waals surface area contributed by atoms with Gasteiger partial charge in [-0.3, -0.25) is 4.31 Å². The molecule has 0 N–H and O–H groups in total. The van der Waals surface area contributed by atoms with Crippen LogP contribution in [-0.4, -0.2) is 19.6 Å². The van der Waals surface area contributed by atoms with Crippen LogP contribution in [-0.2, 0) is 10.0 Å². The molecule has 0 heterocycles. The van der Waals surface area contributed by atoms with Crippen LogP contribution in [0.4, 0.5) is 5.69 Å². The standard InChI is InChI=1S/C10H14BrNO2S/c1-3-12(15(13,14)8-11)10-6-4-5-9(2)7-10/h4-7H,3,8H2,1-2H3. The van der Waals surface area contributed by atoms with Crippen LogP contribution in [0.1, 0.15) is 12.5 Å². The first-order chi connectivity index (χ1) is 7.01. The lowest BCUT2D eigenvalue weighted by molar-refractivity contribution is 0.597. The Hall–Kier alpha value is -0.550. The van der Waals surface area contributed by atoms with E-state index in [1.54, 1.807) is 6.07 Å². The zero-order valence-corrected chi connectivity index (χ0v) is 11.2. The molecule has 1 aromatic rings. The fourth-order valence-corrected chi connectivity index (χ4v) is 3.07. The van der Waals surface area contributed by atoms with E-state index in [0.717, 1.165) is 11.3 Å². The average molecular weight is 292 g/mol. The molecule has 0 saturated carbocycles. The smallest absolute Gasteiger partial charge is 0.245 e. The molecule has 3 nitrogen and oxygen atoms in total. The molecule has 0 aliphatic carbocycles. The van der Waals surface area contributed by atoms with Gasteiger partial charge in [-0.25, -0.2) is 8.42 Å². The van der Waals surface area contributed by atoms with Crippen molar-refractivity contribution in [3.63, 3.8) is 0 Å². The Morgan fingerprint density at radius 1 is 1.40 bits per heavy atom. The number of halogens is 1. The zero-order chi connectivity index (χ0) is 11.5. The predicted octanol–water partition coefficient (Wildman–Crippen LogP) is 2.50. The van der Waals surface area contributed by atoms with E-state index in [9.17, 15) is 8.42 Å². The first-order valence-electron chi connectivity index (χ1n) is 4.64. The molecule has 0 spiro atoms. The van der Waals surface area contributed by atoms with Gasteiger partial charge in [0.05, 0.1) is 5.69 Å². The molecule has 0 aromatic heterocycles. The molecule has 0 aliphatic rings. The second-order valence-corrected chi connectivity index (χ2v) is 6.42. The minimum Gasteiger partial charge on any atom is -0.270 e. The Bertz CT molecular complexity index is 431. The number of aryl methyl sites for hydroxylation is 1. The number of hydrogen-bond donors (Lipinski definition) is 0. The van der Waals surface area contributed by atoms with Crippen LogP contribution < -0.4 is 4.31 Å². The summed E-state index contributed by atoms with van der Waals surface area (Å²) in [5.41, 5.74) is 1.77. The van der Waals surface area contributed by atoms with Crippen molar-refractivity contribution in [1.82, 2.24) is 0 Å². The molecular weight excluding hydrogens is 278 g/mol. The van der Waals surface area contributed by atoms with E-state index in [-0.39, 0.29) is 4.66 Å². The molecule has 15 heavy (non-hydrogen) atoms. The Labute approximate surface area is 99.3 Å². The van der Waals surface area contributed by atoms with E-state index in [2.05, 4.69) is 15.9 Å². The van der Waals surface area contributed by atoms with Gasteiger partial charge in [0.15, 0.2) is 0 Å². The van der Waals surface area contributed by atoms with E-state index < -0.39 is 10.0 Å². The molecule has 1 rings (SSSR count). The second kappa shape index (κ2) is 4.99. The van der Waals surface area contributed by atoms with Crippen LogP contribution in [0.25, 0.3) is 0 Å². The lowest BCUT2D eigenvalue weighted by atomic mass is 10.2. The summed E-state index contributed by atoms with van der Waals surface area (Å²) in [6, 6.07) is 7.47. The highest BCUT2D eigenvalue weighted by Gasteiger charge is 2.19. The fraction of sp³-hybridized carbons (Fsp3) is 0.400. The zero-order valence-electron chi connectivity index (χ0n) is 8.77. The maximum atomic E-state index is 11.7. The maximum absolute atomic E-state index is 11.7. The third-order valence-corrected chi connectivity index (χ3v) is 5.20. The topological polar surface area (TPSA) is 37.4 Å². The van der Waals surface area contributed by atoms with E-state index in [4.69, 9.17) is 0 Å². The first kappa shape index (κ1) is 12.5. The van der Waals surface area contributed by atoms with Gasteiger partial charge >= 0.3 is 0 Å². The molecule has 5 heteroatoms. The molecule has 0 atom stereocenters. The van der Waals surface area contributed by atoms with Crippen LogP contribution in [0.3, 0.4) is 0 Å². The first-order valence-corrected chi connectivity index (χ1v) is 7.37. The predicted molar refractivity (Wildman–Crippen MR) is 66.9 cm³/mol. The largest absolute Gasteiger partial charge is 0.270 e. The molecule has 0 fully saturated rings. The number of alkyl halides is 1. The minimum absolute atomic E-state index is 0.0538. The SMILES string of the molecule is CCN(c1cccc(C)c1)S(=O)(=O)CBr. The normalized spacial score (nSPS) is 11.4. The number of benzene rings is 1. The Morgan fingerprint density at radius 3 is 2.53 bits per heavy atom. The van der Waals surface area contributed by atoms with Gasteiger partial charge in [-0.05, 0) is 31.5 Å². The van der Waals surface area contributed by atoms with Gasteiger partial charge in [0.25, 0.3) is 0 Å². The van der Waals surface area contributed by atoms with E-state index >= 15 is 0 Å². The summed E-state index contributed by atoms with van der Waals surface area (Å²) in [7, 11) is -3.23.